The molecule has 1 saturated heterocycles. The molecule has 0 radical (unpaired) electrons. The molecule has 0 unspecified atom stereocenters. The molecule has 5 rings (SSSR count). The predicted molar refractivity (Wildman–Crippen MR) is 119 cm³/mol. The summed E-state index contributed by atoms with van der Waals surface area (Å²) in [5.41, 5.74) is 2.90. The Kier molecular flexibility index (Phi) is 5.00. The van der Waals surface area contributed by atoms with E-state index in [0.29, 0.717) is 6.61 Å². The maximum Gasteiger partial charge on any atom is 0.122 e. The van der Waals surface area contributed by atoms with Gasteiger partial charge in [-0.15, -0.1) is 11.3 Å². The second-order valence-electron chi connectivity index (χ2n) is 8.11. The summed E-state index contributed by atoms with van der Waals surface area (Å²) in [7, 11) is 2.20. The Hall–Kier alpha value is -2.04. The summed E-state index contributed by atoms with van der Waals surface area (Å²) in [5, 5.41) is 2.59. The number of hydrogen-bond donors (Lipinski definition) is 0. The van der Waals surface area contributed by atoms with Gasteiger partial charge in [-0.1, -0.05) is 18.2 Å². The third-order valence-corrected chi connectivity index (χ3v) is 7.31. The number of fused-ring (bicyclic) bond motifs is 2. The number of nitrogens with zero attached hydrogens (tertiary/aromatic N) is 2. The third-order valence-electron chi connectivity index (χ3n) is 6.10. The van der Waals surface area contributed by atoms with Crippen molar-refractivity contribution in [1.29, 1.82) is 0 Å². The molecule has 0 N–H and O–H groups in total. The Morgan fingerprint density at radius 2 is 1.82 bits per heavy atom. The topological polar surface area (TPSA) is 15.7 Å². The molecule has 0 saturated carbocycles. The van der Waals surface area contributed by atoms with Crippen LogP contribution in [0.2, 0.25) is 0 Å². The third kappa shape index (κ3) is 3.63. The molecule has 0 atom stereocenters. The first-order chi connectivity index (χ1) is 13.8. The Morgan fingerprint density at radius 1 is 0.964 bits per heavy atom. The molecule has 4 heteroatoms. The van der Waals surface area contributed by atoms with Crippen LogP contribution in [0.5, 0.6) is 5.75 Å². The summed E-state index contributed by atoms with van der Waals surface area (Å²) in [5.74, 6) is 0.973. The summed E-state index contributed by atoms with van der Waals surface area (Å²) in [6.07, 6.45) is 5.18. The second-order valence-corrected chi connectivity index (χ2v) is 9.33. The first-order valence-electron chi connectivity index (χ1n) is 10.5. The molecule has 1 aromatic heterocycles. The van der Waals surface area contributed by atoms with Crippen molar-refractivity contribution in [2.45, 2.75) is 32.3 Å². The Balaban J connectivity index is 1.36. The number of likely N-dealkylation sites (N-methyl/N-ethyl adjacent to an activating group) is 1. The van der Waals surface area contributed by atoms with Gasteiger partial charge in [-0.3, -0.25) is 0 Å². The van der Waals surface area contributed by atoms with Crippen LogP contribution < -0.4 is 9.64 Å². The average molecular weight is 393 g/mol. The highest BCUT2D eigenvalue weighted by atomic mass is 32.1. The van der Waals surface area contributed by atoms with Crippen LogP contribution >= 0.6 is 11.3 Å². The number of benzene rings is 2. The van der Waals surface area contributed by atoms with E-state index in [1.54, 1.807) is 10.4 Å². The standard InChI is InChI=1S/C24H28N2OS/c1-25-11-13-26(14-12-25)23-7-4-6-18-9-10-20(16-22(18)23)27-17-21-15-19-5-2-3-8-24(19)28-21/h4,6-7,9-10,15-16H,2-3,5,8,11-14,17H2,1H3. The quantitative estimate of drug-likeness (QED) is 0.613. The van der Waals surface area contributed by atoms with Gasteiger partial charge < -0.3 is 14.5 Å². The second kappa shape index (κ2) is 7.76. The monoisotopic (exact) mass is 392 g/mol. The summed E-state index contributed by atoms with van der Waals surface area (Å²) < 4.78 is 6.22. The summed E-state index contributed by atoms with van der Waals surface area (Å²) >= 11 is 1.95. The molecule has 3 aromatic rings. The highest BCUT2D eigenvalue weighted by Gasteiger charge is 2.17. The molecular formula is C24H28N2OS. The molecule has 28 heavy (non-hydrogen) atoms. The first kappa shape index (κ1) is 18.0. The highest BCUT2D eigenvalue weighted by Crippen LogP contribution is 2.33. The zero-order valence-corrected chi connectivity index (χ0v) is 17.4. The maximum atomic E-state index is 6.22. The minimum absolute atomic E-state index is 0.680. The Labute approximate surface area is 171 Å². The van der Waals surface area contributed by atoms with Gasteiger partial charge in [0.05, 0.1) is 0 Å². The summed E-state index contributed by atoms with van der Waals surface area (Å²) in [6, 6.07) is 15.5. The van der Waals surface area contributed by atoms with Crippen molar-refractivity contribution in [2.75, 3.05) is 38.1 Å². The molecule has 1 aliphatic carbocycles. The lowest BCUT2D eigenvalue weighted by molar-refractivity contribution is 0.310. The number of rotatable bonds is 4. The van der Waals surface area contributed by atoms with Crippen LogP contribution in [0.15, 0.2) is 42.5 Å². The van der Waals surface area contributed by atoms with Crippen LogP contribution in [0, 0.1) is 0 Å². The first-order valence-corrected chi connectivity index (χ1v) is 11.3. The van der Waals surface area contributed by atoms with Crippen LogP contribution in [0.25, 0.3) is 10.8 Å². The Morgan fingerprint density at radius 3 is 2.68 bits per heavy atom. The molecule has 2 aliphatic rings. The van der Waals surface area contributed by atoms with Gasteiger partial charge in [0.1, 0.15) is 12.4 Å². The number of aryl methyl sites for hydroxylation is 2. The molecule has 146 valence electrons. The molecule has 2 aromatic carbocycles. The van der Waals surface area contributed by atoms with Gasteiger partial charge in [0, 0.05) is 47.0 Å². The van der Waals surface area contributed by atoms with Gasteiger partial charge in [-0.2, -0.15) is 0 Å². The normalized spacial score (nSPS) is 17.7. The van der Waals surface area contributed by atoms with Crippen molar-refractivity contribution < 1.29 is 4.74 Å². The van der Waals surface area contributed by atoms with E-state index in [1.165, 1.54) is 47.0 Å². The van der Waals surface area contributed by atoms with Gasteiger partial charge in [0.2, 0.25) is 0 Å². The number of piperazine rings is 1. The molecule has 0 bridgehead atoms. The summed E-state index contributed by atoms with van der Waals surface area (Å²) in [4.78, 5) is 7.86. The number of anilines is 1. The van der Waals surface area contributed by atoms with Gasteiger partial charge in [-0.25, -0.2) is 0 Å². The van der Waals surface area contributed by atoms with E-state index in [4.69, 9.17) is 4.74 Å². The average Bonchev–Trinajstić information content (AvgIpc) is 3.15. The van der Waals surface area contributed by atoms with Crippen LogP contribution in [0.4, 0.5) is 5.69 Å². The molecule has 0 amide bonds. The fraction of sp³-hybridized carbons (Fsp3) is 0.417. The van der Waals surface area contributed by atoms with E-state index in [0.717, 1.165) is 31.9 Å². The zero-order chi connectivity index (χ0) is 18.9. The minimum Gasteiger partial charge on any atom is -0.488 e. The molecule has 3 nitrogen and oxygen atoms in total. The van der Waals surface area contributed by atoms with Crippen LogP contribution in [0.3, 0.4) is 0 Å². The van der Waals surface area contributed by atoms with Crippen LogP contribution in [-0.4, -0.2) is 38.1 Å². The number of hydrogen-bond acceptors (Lipinski definition) is 4. The van der Waals surface area contributed by atoms with Crippen molar-refractivity contribution in [2.24, 2.45) is 0 Å². The lowest BCUT2D eigenvalue weighted by Crippen LogP contribution is -2.44. The smallest absolute Gasteiger partial charge is 0.122 e. The van der Waals surface area contributed by atoms with E-state index in [1.807, 2.05) is 11.3 Å². The van der Waals surface area contributed by atoms with E-state index < -0.39 is 0 Å². The Bertz CT molecular complexity index is 948. The van der Waals surface area contributed by atoms with E-state index in [-0.39, 0.29) is 0 Å². The van der Waals surface area contributed by atoms with E-state index in [9.17, 15) is 0 Å². The van der Waals surface area contributed by atoms with Crippen molar-refractivity contribution in [3.05, 3.63) is 57.8 Å². The molecule has 2 heterocycles. The zero-order valence-electron chi connectivity index (χ0n) is 16.6. The lowest BCUT2D eigenvalue weighted by Gasteiger charge is -2.34. The molecule has 1 fully saturated rings. The van der Waals surface area contributed by atoms with Crippen molar-refractivity contribution in [3.63, 3.8) is 0 Å². The van der Waals surface area contributed by atoms with Crippen LogP contribution in [0.1, 0.15) is 28.2 Å². The largest absolute Gasteiger partial charge is 0.488 e. The van der Waals surface area contributed by atoms with Crippen LogP contribution in [-0.2, 0) is 19.4 Å². The SMILES string of the molecule is CN1CCN(c2cccc3ccc(OCc4cc5c(s4)CCCC5)cc23)CC1. The summed E-state index contributed by atoms with van der Waals surface area (Å²) in [6.45, 7) is 5.09. The number of ether oxygens (including phenoxy) is 1. The highest BCUT2D eigenvalue weighted by molar-refractivity contribution is 7.12. The minimum atomic E-state index is 0.680. The van der Waals surface area contributed by atoms with Crippen molar-refractivity contribution in [3.8, 4) is 5.75 Å². The van der Waals surface area contributed by atoms with Gasteiger partial charge in [0.25, 0.3) is 0 Å². The molecule has 1 aliphatic heterocycles. The van der Waals surface area contributed by atoms with E-state index >= 15 is 0 Å². The number of thiophene rings is 1. The predicted octanol–water partition coefficient (Wildman–Crippen LogP) is 5.11. The molecular weight excluding hydrogens is 364 g/mol. The van der Waals surface area contributed by atoms with E-state index in [2.05, 4.69) is 59.3 Å². The van der Waals surface area contributed by atoms with Gasteiger partial charge >= 0.3 is 0 Å². The van der Waals surface area contributed by atoms with Gasteiger partial charge in [0.15, 0.2) is 0 Å². The lowest BCUT2D eigenvalue weighted by atomic mass is 9.99. The van der Waals surface area contributed by atoms with Crippen molar-refractivity contribution >= 4 is 27.8 Å². The maximum absolute atomic E-state index is 6.22. The fourth-order valence-corrected chi connectivity index (χ4v) is 5.60. The van der Waals surface area contributed by atoms with Gasteiger partial charge in [-0.05, 0) is 67.9 Å². The molecule has 0 spiro atoms. The van der Waals surface area contributed by atoms with Crippen molar-refractivity contribution in [1.82, 2.24) is 4.90 Å². The fourth-order valence-electron chi connectivity index (χ4n) is 4.43.